The molecule has 2 heterocycles. The van der Waals surface area contributed by atoms with Gasteiger partial charge in [0.25, 0.3) is 0 Å². The molecule has 6 heteroatoms. The standard InChI is InChI=1S/C16H19ClFNO3/c17-12-3-1-4-13(18)11(12)9-15(21)19-7-5-14(20)16(10-19)6-2-8-22-16/h1,3-4,14,20H,2,5-10H2/t14-,16-/m0/s1. The highest BCUT2D eigenvalue weighted by atomic mass is 35.5. The van der Waals surface area contributed by atoms with Gasteiger partial charge in [-0.15, -0.1) is 0 Å². The van der Waals surface area contributed by atoms with E-state index in [1.165, 1.54) is 12.1 Å². The van der Waals surface area contributed by atoms with Crippen LogP contribution in [0.2, 0.25) is 5.02 Å². The largest absolute Gasteiger partial charge is 0.390 e. The summed E-state index contributed by atoms with van der Waals surface area (Å²) in [5, 5.41) is 10.5. The number of aliphatic hydroxyl groups is 1. The van der Waals surface area contributed by atoms with Crippen LogP contribution < -0.4 is 0 Å². The molecule has 2 saturated heterocycles. The average molecular weight is 328 g/mol. The number of aliphatic hydroxyl groups excluding tert-OH is 1. The zero-order valence-electron chi connectivity index (χ0n) is 12.2. The Bertz CT molecular complexity index is 554. The van der Waals surface area contributed by atoms with Gasteiger partial charge in [-0.1, -0.05) is 17.7 Å². The van der Waals surface area contributed by atoms with Gasteiger partial charge in [-0.3, -0.25) is 4.79 Å². The average Bonchev–Trinajstić information content (AvgIpc) is 2.95. The number of nitrogens with zero attached hydrogens (tertiary/aromatic N) is 1. The van der Waals surface area contributed by atoms with E-state index in [4.69, 9.17) is 16.3 Å². The second-order valence-electron chi connectivity index (χ2n) is 6.01. The molecule has 0 saturated carbocycles. The van der Waals surface area contributed by atoms with Crippen molar-refractivity contribution in [3.63, 3.8) is 0 Å². The van der Waals surface area contributed by atoms with Crippen LogP contribution in [0, 0.1) is 5.82 Å². The van der Waals surface area contributed by atoms with E-state index in [0.29, 0.717) is 26.1 Å². The van der Waals surface area contributed by atoms with Crippen LogP contribution >= 0.6 is 11.6 Å². The summed E-state index contributed by atoms with van der Waals surface area (Å²) in [4.78, 5) is 14.1. The third kappa shape index (κ3) is 2.85. The Labute approximate surface area is 133 Å². The third-order valence-corrected chi connectivity index (χ3v) is 4.97. The first-order chi connectivity index (χ1) is 10.5. The van der Waals surface area contributed by atoms with Gasteiger partial charge >= 0.3 is 0 Å². The molecule has 1 aromatic carbocycles. The van der Waals surface area contributed by atoms with Gasteiger partial charge < -0.3 is 14.7 Å². The lowest BCUT2D eigenvalue weighted by atomic mass is 9.87. The molecule has 0 radical (unpaired) electrons. The smallest absolute Gasteiger partial charge is 0.227 e. The van der Waals surface area contributed by atoms with Crippen molar-refractivity contribution in [2.45, 2.75) is 37.4 Å². The summed E-state index contributed by atoms with van der Waals surface area (Å²) in [7, 11) is 0. The molecule has 1 spiro atoms. The molecular weight excluding hydrogens is 309 g/mol. The van der Waals surface area contributed by atoms with Crippen LogP contribution in [0.25, 0.3) is 0 Å². The number of carbonyl (C=O) groups excluding carboxylic acids is 1. The predicted octanol–water partition coefficient (Wildman–Crippen LogP) is 2.16. The topological polar surface area (TPSA) is 49.8 Å². The molecular formula is C16H19ClFNO3. The molecule has 0 bridgehead atoms. The van der Waals surface area contributed by atoms with Gasteiger partial charge in [0.05, 0.1) is 19.1 Å². The van der Waals surface area contributed by atoms with Gasteiger partial charge in [-0.25, -0.2) is 4.39 Å². The number of likely N-dealkylation sites (tertiary alicyclic amines) is 1. The van der Waals surface area contributed by atoms with Gasteiger partial charge in [0.15, 0.2) is 0 Å². The minimum atomic E-state index is -0.646. The van der Waals surface area contributed by atoms with E-state index in [1.807, 2.05) is 0 Å². The molecule has 0 unspecified atom stereocenters. The predicted molar refractivity (Wildman–Crippen MR) is 80.2 cm³/mol. The van der Waals surface area contributed by atoms with Gasteiger partial charge in [-0.05, 0) is 31.4 Å². The zero-order valence-corrected chi connectivity index (χ0v) is 13.0. The summed E-state index contributed by atoms with van der Waals surface area (Å²) in [6.45, 7) is 1.43. The van der Waals surface area contributed by atoms with E-state index < -0.39 is 17.5 Å². The van der Waals surface area contributed by atoms with Crippen LogP contribution in [0.15, 0.2) is 18.2 Å². The number of carbonyl (C=O) groups is 1. The van der Waals surface area contributed by atoms with Crippen LogP contribution in [0.1, 0.15) is 24.8 Å². The Morgan fingerprint density at radius 2 is 2.36 bits per heavy atom. The molecule has 120 valence electrons. The van der Waals surface area contributed by atoms with Gasteiger partial charge in [-0.2, -0.15) is 0 Å². The van der Waals surface area contributed by atoms with Crippen molar-refractivity contribution in [3.05, 3.63) is 34.6 Å². The second kappa shape index (κ2) is 6.14. The highest BCUT2D eigenvalue weighted by Gasteiger charge is 2.47. The molecule has 1 amide bonds. The fourth-order valence-corrected chi connectivity index (χ4v) is 3.56. The number of amides is 1. The first-order valence-electron chi connectivity index (χ1n) is 7.54. The SMILES string of the molecule is O=C(Cc1c(F)cccc1Cl)N1CC[C@H](O)[C@]2(CCCO2)C1. The van der Waals surface area contributed by atoms with Crippen molar-refractivity contribution in [2.75, 3.05) is 19.7 Å². The van der Waals surface area contributed by atoms with Crippen molar-refractivity contribution in [3.8, 4) is 0 Å². The van der Waals surface area contributed by atoms with E-state index in [9.17, 15) is 14.3 Å². The fourth-order valence-electron chi connectivity index (χ4n) is 3.33. The van der Waals surface area contributed by atoms with Crippen molar-refractivity contribution >= 4 is 17.5 Å². The van der Waals surface area contributed by atoms with E-state index in [-0.39, 0.29) is 22.9 Å². The number of halogens is 2. The van der Waals surface area contributed by atoms with E-state index in [2.05, 4.69) is 0 Å². The third-order valence-electron chi connectivity index (χ3n) is 4.61. The molecule has 2 aliphatic rings. The summed E-state index contributed by atoms with van der Waals surface area (Å²) in [5.74, 6) is -0.654. The molecule has 22 heavy (non-hydrogen) atoms. The van der Waals surface area contributed by atoms with Crippen molar-refractivity contribution in [2.24, 2.45) is 0 Å². The summed E-state index contributed by atoms with van der Waals surface area (Å²) >= 11 is 5.98. The van der Waals surface area contributed by atoms with Gasteiger partial charge in [0, 0.05) is 23.7 Å². The Morgan fingerprint density at radius 1 is 1.55 bits per heavy atom. The molecule has 2 aliphatic heterocycles. The number of ether oxygens (including phenoxy) is 1. The lowest BCUT2D eigenvalue weighted by Gasteiger charge is -2.43. The van der Waals surface area contributed by atoms with Crippen LogP contribution in [0.5, 0.6) is 0 Å². The van der Waals surface area contributed by atoms with Crippen LogP contribution in [0.3, 0.4) is 0 Å². The summed E-state index contributed by atoms with van der Waals surface area (Å²) in [6, 6.07) is 4.40. The molecule has 1 aromatic rings. The Hall–Kier alpha value is -1.17. The minimum absolute atomic E-state index is 0.0717. The normalized spacial score (nSPS) is 28.3. The number of rotatable bonds is 2. The van der Waals surface area contributed by atoms with Crippen LogP contribution in [-0.4, -0.2) is 47.3 Å². The van der Waals surface area contributed by atoms with E-state index >= 15 is 0 Å². The first-order valence-corrected chi connectivity index (χ1v) is 7.92. The Kier molecular flexibility index (Phi) is 4.39. The molecule has 0 aliphatic carbocycles. The maximum absolute atomic E-state index is 13.8. The van der Waals surface area contributed by atoms with Crippen molar-refractivity contribution in [1.29, 1.82) is 0 Å². The zero-order chi connectivity index (χ0) is 15.7. The molecule has 3 rings (SSSR count). The maximum Gasteiger partial charge on any atom is 0.227 e. The highest BCUT2D eigenvalue weighted by molar-refractivity contribution is 6.31. The fraction of sp³-hybridized carbons (Fsp3) is 0.562. The van der Waals surface area contributed by atoms with E-state index in [0.717, 1.165) is 12.8 Å². The first kappa shape index (κ1) is 15.7. The van der Waals surface area contributed by atoms with Crippen LogP contribution in [0.4, 0.5) is 4.39 Å². The minimum Gasteiger partial charge on any atom is -0.390 e. The number of benzene rings is 1. The number of hydrogen-bond donors (Lipinski definition) is 1. The monoisotopic (exact) mass is 327 g/mol. The Balaban J connectivity index is 1.73. The lowest BCUT2D eigenvalue weighted by Crippen LogP contribution is -2.58. The summed E-state index contributed by atoms with van der Waals surface area (Å²) in [5.41, 5.74) is -0.422. The van der Waals surface area contributed by atoms with Crippen molar-refractivity contribution < 1.29 is 19.0 Å². The van der Waals surface area contributed by atoms with E-state index in [1.54, 1.807) is 11.0 Å². The summed E-state index contributed by atoms with van der Waals surface area (Å²) in [6.07, 6.45) is 1.50. The quantitative estimate of drug-likeness (QED) is 0.905. The maximum atomic E-state index is 13.8. The second-order valence-corrected chi connectivity index (χ2v) is 6.42. The number of piperidine rings is 1. The molecule has 2 atom stereocenters. The molecule has 0 aromatic heterocycles. The van der Waals surface area contributed by atoms with Gasteiger partial charge in [0.2, 0.25) is 5.91 Å². The Morgan fingerprint density at radius 3 is 3.05 bits per heavy atom. The summed E-state index contributed by atoms with van der Waals surface area (Å²) < 4.78 is 19.5. The molecule has 2 fully saturated rings. The molecule has 1 N–H and O–H groups in total. The number of hydrogen-bond acceptors (Lipinski definition) is 3. The molecule has 4 nitrogen and oxygen atoms in total. The van der Waals surface area contributed by atoms with Crippen LogP contribution in [-0.2, 0) is 16.0 Å². The van der Waals surface area contributed by atoms with Gasteiger partial charge in [0.1, 0.15) is 11.4 Å². The lowest BCUT2D eigenvalue weighted by molar-refractivity contribution is -0.154. The van der Waals surface area contributed by atoms with Crippen molar-refractivity contribution in [1.82, 2.24) is 4.90 Å². The highest BCUT2D eigenvalue weighted by Crippen LogP contribution is 2.35.